The molecular formula is C12H18FN3O2. The van der Waals surface area contributed by atoms with Gasteiger partial charge >= 0.3 is 0 Å². The van der Waals surface area contributed by atoms with E-state index >= 15 is 0 Å². The maximum Gasteiger partial charge on any atom is 0.257 e. The smallest absolute Gasteiger partial charge is 0.257 e. The monoisotopic (exact) mass is 255 g/mol. The largest absolute Gasteiger partial charge is 0.392 e. The van der Waals surface area contributed by atoms with Crippen LogP contribution in [-0.2, 0) is 0 Å². The summed E-state index contributed by atoms with van der Waals surface area (Å²) in [5.41, 5.74) is 0.167. The molecule has 0 aliphatic rings. The van der Waals surface area contributed by atoms with Gasteiger partial charge in [-0.05, 0) is 19.9 Å². The number of carbonyl (C=O) groups excluding carboxylic acids is 1. The van der Waals surface area contributed by atoms with Crippen LogP contribution in [0, 0.1) is 5.82 Å². The molecule has 100 valence electrons. The van der Waals surface area contributed by atoms with Crippen LogP contribution in [0.4, 0.5) is 10.2 Å². The maximum atomic E-state index is 13.2. The van der Waals surface area contributed by atoms with Crippen molar-refractivity contribution in [2.45, 2.75) is 20.0 Å². The Morgan fingerprint density at radius 3 is 2.89 bits per heavy atom. The Morgan fingerprint density at radius 2 is 2.33 bits per heavy atom. The van der Waals surface area contributed by atoms with Gasteiger partial charge in [-0.25, -0.2) is 9.37 Å². The summed E-state index contributed by atoms with van der Waals surface area (Å²) in [5, 5.41) is 12.2. The van der Waals surface area contributed by atoms with Gasteiger partial charge < -0.3 is 15.3 Å². The van der Waals surface area contributed by atoms with E-state index in [-0.39, 0.29) is 18.0 Å². The Morgan fingerprint density at radius 1 is 1.67 bits per heavy atom. The number of halogens is 1. The number of hydrogen-bond acceptors (Lipinski definition) is 4. The molecule has 0 aliphatic carbocycles. The number of aliphatic hydroxyl groups is 1. The Balaban J connectivity index is 2.99. The molecule has 1 unspecified atom stereocenters. The number of pyridine rings is 1. The molecule has 1 aromatic heterocycles. The minimum atomic E-state index is -0.636. The third-order valence-electron chi connectivity index (χ3n) is 2.31. The fraction of sp³-hybridized carbons (Fsp3) is 0.500. The van der Waals surface area contributed by atoms with Crippen molar-refractivity contribution in [1.29, 1.82) is 0 Å². The number of likely N-dealkylation sites (N-methyl/N-ethyl adjacent to an activating group) is 1. The van der Waals surface area contributed by atoms with Crippen molar-refractivity contribution in [2.24, 2.45) is 0 Å². The second-order valence-corrected chi connectivity index (χ2v) is 4.11. The zero-order valence-corrected chi connectivity index (χ0v) is 10.8. The molecule has 0 saturated heterocycles. The van der Waals surface area contributed by atoms with Crippen molar-refractivity contribution < 1.29 is 14.3 Å². The van der Waals surface area contributed by atoms with Crippen LogP contribution in [-0.4, -0.2) is 47.1 Å². The standard InChI is InChI=1S/C12H18FN3O2/c1-4-14-11-10(5-9(13)6-15-11)12(18)16(3)7-8(2)17/h5-6,8,17H,4,7H2,1-3H3,(H,14,15). The molecule has 1 aromatic rings. The molecular weight excluding hydrogens is 237 g/mol. The van der Waals surface area contributed by atoms with Crippen molar-refractivity contribution in [2.75, 3.05) is 25.5 Å². The van der Waals surface area contributed by atoms with Crippen molar-refractivity contribution in [3.63, 3.8) is 0 Å². The molecule has 0 saturated carbocycles. The Kier molecular flexibility index (Phi) is 5.03. The number of aromatic nitrogens is 1. The summed E-state index contributed by atoms with van der Waals surface area (Å²) in [6.45, 7) is 4.21. The fourth-order valence-electron chi connectivity index (χ4n) is 1.60. The van der Waals surface area contributed by atoms with Crippen molar-refractivity contribution in [3.05, 3.63) is 23.6 Å². The van der Waals surface area contributed by atoms with Crippen molar-refractivity contribution in [1.82, 2.24) is 9.88 Å². The summed E-state index contributed by atoms with van der Waals surface area (Å²) in [4.78, 5) is 17.3. The molecule has 5 nitrogen and oxygen atoms in total. The predicted octanol–water partition coefficient (Wildman–Crippen LogP) is 1.11. The fourth-order valence-corrected chi connectivity index (χ4v) is 1.60. The van der Waals surface area contributed by atoms with E-state index in [1.807, 2.05) is 6.92 Å². The van der Waals surface area contributed by atoms with Gasteiger partial charge in [0.25, 0.3) is 5.91 Å². The summed E-state index contributed by atoms with van der Waals surface area (Å²) < 4.78 is 13.2. The second kappa shape index (κ2) is 6.30. The Labute approximate surface area is 106 Å². The Bertz CT molecular complexity index is 424. The molecule has 1 amide bonds. The van der Waals surface area contributed by atoms with Crippen LogP contribution in [0.25, 0.3) is 0 Å². The summed E-state index contributed by atoms with van der Waals surface area (Å²) >= 11 is 0. The first-order valence-corrected chi connectivity index (χ1v) is 5.78. The highest BCUT2D eigenvalue weighted by Gasteiger charge is 2.18. The van der Waals surface area contributed by atoms with Gasteiger partial charge in [-0.2, -0.15) is 0 Å². The van der Waals surface area contributed by atoms with Gasteiger partial charge in [0.1, 0.15) is 11.6 Å². The first kappa shape index (κ1) is 14.4. The van der Waals surface area contributed by atoms with Crippen LogP contribution < -0.4 is 5.32 Å². The van der Waals surface area contributed by atoms with Crippen molar-refractivity contribution in [3.8, 4) is 0 Å². The third kappa shape index (κ3) is 3.66. The van der Waals surface area contributed by atoms with Gasteiger partial charge in [0.2, 0.25) is 0 Å². The highest BCUT2D eigenvalue weighted by molar-refractivity contribution is 5.98. The quantitative estimate of drug-likeness (QED) is 0.827. The molecule has 0 fully saturated rings. The number of rotatable bonds is 5. The molecule has 0 aliphatic heterocycles. The number of nitrogens with one attached hydrogen (secondary N) is 1. The molecule has 18 heavy (non-hydrogen) atoms. The van der Waals surface area contributed by atoms with E-state index in [1.54, 1.807) is 14.0 Å². The molecule has 0 spiro atoms. The van der Waals surface area contributed by atoms with Crippen LogP contribution in [0.5, 0.6) is 0 Å². The molecule has 1 rings (SSSR count). The van der Waals surface area contributed by atoms with Gasteiger partial charge in [0, 0.05) is 20.1 Å². The highest BCUT2D eigenvalue weighted by Crippen LogP contribution is 2.15. The summed E-state index contributed by atoms with van der Waals surface area (Å²) in [6.07, 6.45) is 0.423. The van der Waals surface area contributed by atoms with E-state index in [0.717, 1.165) is 12.3 Å². The second-order valence-electron chi connectivity index (χ2n) is 4.11. The first-order chi connectivity index (χ1) is 8.45. The van der Waals surface area contributed by atoms with Crippen LogP contribution in [0.1, 0.15) is 24.2 Å². The van der Waals surface area contributed by atoms with E-state index in [0.29, 0.717) is 12.4 Å². The SMILES string of the molecule is CCNc1ncc(F)cc1C(=O)N(C)CC(C)O. The number of carbonyl (C=O) groups is 1. The van der Waals surface area contributed by atoms with E-state index in [2.05, 4.69) is 10.3 Å². The van der Waals surface area contributed by atoms with Gasteiger partial charge in [0.15, 0.2) is 0 Å². The molecule has 1 atom stereocenters. The molecule has 2 N–H and O–H groups in total. The van der Waals surface area contributed by atoms with Crippen LogP contribution in [0.2, 0.25) is 0 Å². The summed E-state index contributed by atoms with van der Waals surface area (Å²) in [5.74, 6) is -0.592. The number of nitrogens with zero attached hydrogens (tertiary/aromatic N) is 2. The molecule has 0 bridgehead atoms. The minimum Gasteiger partial charge on any atom is -0.392 e. The predicted molar refractivity (Wildman–Crippen MR) is 67.0 cm³/mol. The average molecular weight is 255 g/mol. The molecule has 6 heteroatoms. The Hall–Kier alpha value is -1.69. The number of aliphatic hydroxyl groups excluding tert-OH is 1. The maximum absolute atomic E-state index is 13.2. The molecule has 0 aromatic carbocycles. The van der Waals surface area contributed by atoms with Gasteiger partial charge in [0.05, 0.1) is 17.9 Å². The lowest BCUT2D eigenvalue weighted by Gasteiger charge is -2.20. The van der Waals surface area contributed by atoms with Crippen molar-refractivity contribution >= 4 is 11.7 Å². The zero-order valence-electron chi connectivity index (χ0n) is 10.8. The summed E-state index contributed by atoms with van der Waals surface area (Å²) in [7, 11) is 1.55. The summed E-state index contributed by atoms with van der Waals surface area (Å²) in [6, 6.07) is 1.14. The van der Waals surface area contributed by atoms with Gasteiger partial charge in [-0.1, -0.05) is 0 Å². The molecule has 1 heterocycles. The zero-order chi connectivity index (χ0) is 13.7. The third-order valence-corrected chi connectivity index (χ3v) is 2.31. The number of anilines is 1. The average Bonchev–Trinajstić information content (AvgIpc) is 2.30. The normalized spacial score (nSPS) is 12.1. The van der Waals surface area contributed by atoms with Gasteiger partial charge in [-0.15, -0.1) is 0 Å². The number of amides is 1. The van der Waals surface area contributed by atoms with E-state index < -0.39 is 11.9 Å². The minimum absolute atomic E-state index is 0.167. The van der Waals surface area contributed by atoms with E-state index in [4.69, 9.17) is 0 Å². The lowest BCUT2D eigenvalue weighted by Crippen LogP contribution is -2.33. The number of hydrogen-bond donors (Lipinski definition) is 2. The van der Waals surface area contributed by atoms with E-state index in [1.165, 1.54) is 4.90 Å². The van der Waals surface area contributed by atoms with Crippen LogP contribution >= 0.6 is 0 Å². The highest BCUT2D eigenvalue weighted by atomic mass is 19.1. The van der Waals surface area contributed by atoms with Crippen LogP contribution in [0.15, 0.2) is 12.3 Å². The lowest BCUT2D eigenvalue weighted by molar-refractivity contribution is 0.0704. The van der Waals surface area contributed by atoms with E-state index in [9.17, 15) is 14.3 Å². The molecule has 0 radical (unpaired) electrons. The van der Waals surface area contributed by atoms with Gasteiger partial charge in [-0.3, -0.25) is 4.79 Å². The first-order valence-electron chi connectivity index (χ1n) is 5.78. The van der Waals surface area contributed by atoms with Crippen LogP contribution in [0.3, 0.4) is 0 Å². The lowest BCUT2D eigenvalue weighted by atomic mass is 10.2. The topological polar surface area (TPSA) is 65.5 Å².